The standard InChI is InChI=1S/C12H17F3O3/c13-12(14,15)11(16)18-10-8-6-4-2-1-3-5-7-9-17-10/h7,9-10H,1-6,8H2/b9-7-. The molecule has 0 amide bonds. The summed E-state index contributed by atoms with van der Waals surface area (Å²) in [6.07, 6.45) is 2.80. The van der Waals surface area contributed by atoms with Crippen LogP contribution in [0.15, 0.2) is 12.3 Å². The second kappa shape index (κ2) is 7.28. The van der Waals surface area contributed by atoms with Gasteiger partial charge < -0.3 is 9.47 Å². The molecule has 0 spiro atoms. The first-order valence-electron chi connectivity index (χ1n) is 6.08. The largest absolute Gasteiger partial charge is 0.491 e. The van der Waals surface area contributed by atoms with Crippen LogP contribution in [-0.4, -0.2) is 18.4 Å². The third-order valence-corrected chi connectivity index (χ3v) is 2.61. The summed E-state index contributed by atoms with van der Waals surface area (Å²) in [6, 6.07) is 0. The Hall–Kier alpha value is -1.20. The van der Waals surface area contributed by atoms with Crippen molar-refractivity contribution in [1.29, 1.82) is 0 Å². The van der Waals surface area contributed by atoms with Crippen molar-refractivity contribution >= 4 is 5.97 Å². The van der Waals surface area contributed by atoms with E-state index in [2.05, 4.69) is 4.74 Å². The summed E-state index contributed by atoms with van der Waals surface area (Å²) in [7, 11) is 0. The summed E-state index contributed by atoms with van der Waals surface area (Å²) in [5.41, 5.74) is 0. The van der Waals surface area contributed by atoms with E-state index >= 15 is 0 Å². The fourth-order valence-electron chi connectivity index (χ4n) is 1.66. The molecule has 1 unspecified atom stereocenters. The number of alkyl halides is 3. The lowest BCUT2D eigenvalue weighted by molar-refractivity contribution is -0.220. The molecule has 1 aliphatic heterocycles. The normalized spacial score (nSPS) is 24.5. The number of halogens is 3. The van der Waals surface area contributed by atoms with Crippen LogP contribution in [-0.2, 0) is 14.3 Å². The van der Waals surface area contributed by atoms with Gasteiger partial charge in [0, 0.05) is 6.42 Å². The Bertz CT molecular complexity index is 287. The van der Waals surface area contributed by atoms with Crippen molar-refractivity contribution in [2.24, 2.45) is 0 Å². The Morgan fingerprint density at radius 3 is 2.56 bits per heavy atom. The molecule has 104 valence electrons. The highest BCUT2D eigenvalue weighted by atomic mass is 19.4. The van der Waals surface area contributed by atoms with E-state index in [-0.39, 0.29) is 6.42 Å². The van der Waals surface area contributed by atoms with Crippen LogP contribution >= 0.6 is 0 Å². The van der Waals surface area contributed by atoms with Crippen LogP contribution in [0.1, 0.15) is 44.9 Å². The van der Waals surface area contributed by atoms with Crippen molar-refractivity contribution in [2.75, 3.05) is 0 Å². The fourth-order valence-corrected chi connectivity index (χ4v) is 1.66. The molecule has 0 fully saturated rings. The van der Waals surface area contributed by atoms with Gasteiger partial charge in [-0.25, -0.2) is 4.79 Å². The molecule has 0 aromatic carbocycles. The van der Waals surface area contributed by atoms with Gasteiger partial charge in [0.2, 0.25) is 6.29 Å². The maximum Gasteiger partial charge on any atom is 0.491 e. The minimum Gasteiger partial charge on any atom is -0.463 e. The van der Waals surface area contributed by atoms with Crippen molar-refractivity contribution in [3.8, 4) is 0 Å². The van der Waals surface area contributed by atoms with E-state index in [1.807, 2.05) is 0 Å². The van der Waals surface area contributed by atoms with E-state index in [0.29, 0.717) is 6.42 Å². The lowest BCUT2D eigenvalue weighted by Gasteiger charge is -2.17. The van der Waals surface area contributed by atoms with Gasteiger partial charge in [0.25, 0.3) is 0 Å². The van der Waals surface area contributed by atoms with Gasteiger partial charge >= 0.3 is 12.1 Å². The molecule has 0 aliphatic carbocycles. The third-order valence-electron chi connectivity index (χ3n) is 2.61. The number of esters is 1. The van der Waals surface area contributed by atoms with Crippen LogP contribution in [0, 0.1) is 0 Å². The van der Waals surface area contributed by atoms with E-state index in [4.69, 9.17) is 4.74 Å². The summed E-state index contributed by atoms with van der Waals surface area (Å²) in [6.45, 7) is 0. The van der Waals surface area contributed by atoms with Crippen molar-refractivity contribution in [1.82, 2.24) is 0 Å². The predicted octanol–water partition coefficient (Wildman–Crippen LogP) is 3.69. The molecule has 1 rings (SSSR count). The summed E-state index contributed by atoms with van der Waals surface area (Å²) in [5, 5.41) is 0. The van der Waals surface area contributed by atoms with Crippen LogP contribution in [0.25, 0.3) is 0 Å². The topological polar surface area (TPSA) is 35.5 Å². The molecule has 1 atom stereocenters. The second-order valence-electron chi connectivity index (χ2n) is 4.19. The maximum atomic E-state index is 12.0. The number of hydrogen-bond acceptors (Lipinski definition) is 3. The first kappa shape index (κ1) is 14.9. The van der Waals surface area contributed by atoms with Crippen molar-refractivity contribution < 1.29 is 27.4 Å². The highest BCUT2D eigenvalue weighted by Gasteiger charge is 2.42. The van der Waals surface area contributed by atoms with Gasteiger partial charge in [-0.15, -0.1) is 0 Å². The Labute approximate surface area is 104 Å². The molecule has 0 radical (unpaired) electrons. The zero-order valence-electron chi connectivity index (χ0n) is 10.0. The van der Waals surface area contributed by atoms with E-state index < -0.39 is 18.4 Å². The molecule has 1 heterocycles. The lowest BCUT2D eigenvalue weighted by atomic mass is 10.1. The number of carbonyl (C=O) groups excluding carboxylic acids is 1. The van der Waals surface area contributed by atoms with Crippen molar-refractivity contribution in [3.63, 3.8) is 0 Å². The smallest absolute Gasteiger partial charge is 0.463 e. The van der Waals surface area contributed by atoms with Crippen LogP contribution in [0.4, 0.5) is 13.2 Å². The number of carbonyl (C=O) groups is 1. The van der Waals surface area contributed by atoms with Gasteiger partial charge in [-0.2, -0.15) is 13.2 Å². The van der Waals surface area contributed by atoms with E-state index in [0.717, 1.165) is 32.1 Å². The van der Waals surface area contributed by atoms with E-state index in [9.17, 15) is 18.0 Å². The van der Waals surface area contributed by atoms with Gasteiger partial charge in [0.05, 0.1) is 6.26 Å². The third kappa shape index (κ3) is 5.93. The number of rotatable bonds is 1. The second-order valence-corrected chi connectivity index (χ2v) is 4.19. The average Bonchev–Trinajstić information content (AvgIpc) is 2.34. The first-order chi connectivity index (χ1) is 8.50. The quantitative estimate of drug-likeness (QED) is 0.679. The van der Waals surface area contributed by atoms with E-state index in [1.165, 1.54) is 6.26 Å². The molecule has 18 heavy (non-hydrogen) atoms. The average molecular weight is 266 g/mol. The summed E-state index contributed by atoms with van der Waals surface area (Å²) < 4.78 is 45.5. The van der Waals surface area contributed by atoms with Gasteiger partial charge in [-0.1, -0.05) is 19.3 Å². The van der Waals surface area contributed by atoms with Crippen LogP contribution in [0.2, 0.25) is 0 Å². The van der Waals surface area contributed by atoms with E-state index in [1.54, 1.807) is 6.08 Å². The maximum absolute atomic E-state index is 12.0. The number of hydrogen-bond donors (Lipinski definition) is 0. The Kier molecular flexibility index (Phi) is 6.01. The monoisotopic (exact) mass is 266 g/mol. The predicted molar refractivity (Wildman–Crippen MR) is 58.5 cm³/mol. The lowest BCUT2D eigenvalue weighted by Crippen LogP contribution is -2.30. The molecule has 1 aliphatic rings. The number of ether oxygens (including phenoxy) is 2. The summed E-state index contributed by atoms with van der Waals surface area (Å²) in [5.74, 6) is -2.20. The minimum atomic E-state index is -4.97. The molecule has 0 saturated carbocycles. The highest BCUT2D eigenvalue weighted by Crippen LogP contribution is 2.20. The van der Waals surface area contributed by atoms with Gasteiger partial charge in [-0.05, 0) is 25.3 Å². The molecule has 0 aromatic rings. The Balaban J connectivity index is 2.48. The molecular weight excluding hydrogens is 249 g/mol. The van der Waals surface area contributed by atoms with Gasteiger partial charge in [0.15, 0.2) is 0 Å². The van der Waals surface area contributed by atoms with Crippen LogP contribution in [0.3, 0.4) is 0 Å². The Morgan fingerprint density at radius 2 is 1.83 bits per heavy atom. The van der Waals surface area contributed by atoms with Crippen LogP contribution < -0.4 is 0 Å². The molecule has 3 nitrogen and oxygen atoms in total. The Morgan fingerprint density at radius 1 is 1.17 bits per heavy atom. The van der Waals surface area contributed by atoms with Crippen molar-refractivity contribution in [2.45, 2.75) is 57.4 Å². The molecule has 6 heteroatoms. The fraction of sp³-hybridized carbons (Fsp3) is 0.750. The van der Waals surface area contributed by atoms with Gasteiger partial charge in [0.1, 0.15) is 0 Å². The summed E-state index contributed by atoms with van der Waals surface area (Å²) >= 11 is 0. The van der Waals surface area contributed by atoms with Crippen molar-refractivity contribution in [3.05, 3.63) is 12.3 Å². The molecule has 0 aromatic heterocycles. The SMILES string of the molecule is O=C(OC1CCCCCCC/C=C\O1)C(F)(F)F. The zero-order chi connectivity index (χ0) is 13.4. The zero-order valence-corrected chi connectivity index (χ0v) is 10.0. The molecule has 0 bridgehead atoms. The molecular formula is C12H17F3O3. The first-order valence-corrected chi connectivity index (χ1v) is 6.08. The minimum absolute atomic E-state index is 0.284. The molecule has 0 N–H and O–H groups in total. The summed E-state index contributed by atoms with van der Waals surface area (Å²) in [4.78, 5) is 10.7. The van der Waals surface area contributed by atoms with Gasteiger partial charge in [-0.3, -0.25) is 0 Å². The number of allylic oxidation sites excluding steroid dienone is 1. The highest BCUT2D eigenvalue weighted by molar-refractivity contribution is 5.75. The molecule has 0 saturated heterocycles. The van der Waals surface area contributed by atoms with Crippen LogP contribution in [0.5, 0.6) is 0 Å².